The molecule has 6 heteroatoms. The molecule has 1 aliphatic rings. The number of nitrogens with zero attached hydrogens (tertiary/aromatic N) is 2. The first-order chi connectivity index (χ1) is 14.4. The third-order valence-corrected chi connectivity index (χ3v) is 5.39. The SMILES string of the molecule is Cc1cccc(OC[C@@H](O)CN2CCN(CC(=O)Nc3ccc(C)cc3C)CC2)c1. The average molecular weight is 412 g/mol. The van der Waals surface area contributed by atoms with Gasteiger partial charge in [0, 0.05) is 38.4 Å². The summed E-state index contributed by atoms with van der Waals surface area (Å²) >= 11 is 0. The van der Waals surface area contributed by atoms with Gasteiger partial charge in [0.05, 0.1) is 6.54 Å². The third-order valence-electron chi connectivity index (χ3n) is 5.39. The number of aliphatic hydroxyl groups excluding tert-OH is 1. The third kappa shape index (κ3) is 6.83. The summed E-state index contributed by atoms with van der Waals surface area (Å²) in [7, 11) is 0. The maximum absolute atomic E-state index is 12.4. The molecule has 1 saturated heterocycles. The Balaban J connectivity index is 1.36. The topological polar surface area (TPSA) is 65.0 Å². The summed E-state index contributed by atoms with van der Waals surface area (Å²) < 4.78 is 5.70. The molecular formula is C24H33N3O3. The fourth-order valence-electron chi connectivity index (χ4n) is 3.72. The van der Waals surface area contributed by atoms with Crippen LogP contribution in [0, 0.1) is 20.8 Å². The van der Waals surface area contributed by atoms with E-state index in [0.29, 0.717) is 13.1 Å². The number of aryl methyl sites for hydroxylation is 3. The van der Waals surface area contributed by atoms with Crippen LogP contribution in [0.1, 0.15) is 16.7 Å². The van der Waals surface area contributed by atoms with Crippen molar-refractivity contribution in [3.63, 3.8) is 0 Å². The lowest BCUT2D eigenvalue weighted by Crippen LogP contribution is -2.50. The lowest BCUT2D eigenvalue weighted by molar-refractivity contribution is -0.117. The summed E-state index contributed by atoms with van der Waals surface area (Å²) in [6.45, 7) is 10.6. The van der Waals surface area contributed by atoms with E-state index < -0.39 is 6.10 Å². The summed E-state index contributed by atoms with van der Waals surface area (Å²) in [6.07, 6.45) is -0.537. The molecule has 0 radical (unpaired) electrons. The second-order valence-electron chi connectivity index (χ2n) is 8.22. The van der Waals surface area contributed by atoms with Gasteiger partial charge in [-0.25, -0.2) is 0 Å². The minimum atomic E-state index is -0.537. The van der Waals surface area contributed by atoms with Crippen LogP contribution in [0.15, 0.2) is 42.5 Å². The summed E-state index contributed by atoms with van der Waals surface area (Å²) in [5.74, 6) is 0.802. The molecule has 2 N–H and O–H groups in total. The van der Waals surface area contributed by atoms with Gasteiger partial charge in [0.2, 0.25) is 5.91 Å². The predicted molar refractivity (Wildman–Crippen MR) is 120 cm³/mol. The number of aliphatic hydroxyl groups is 1. The molecule has 0 spiro atoms. The molecule has 0 aromatic heterocycles. The number of hydrogen-bond donors (Lipinski definition) is 2. The van der Waals surface area contributed by atoms with Gasteiger partial charge in [0.15, 0.2) is 0 Å². The van der Waals surface area contributed by atoms with E-state index in [1.165, 1.54) is 5.56 Å². The van der Waals surface area contributed by atoms with Crippen molar-refractivity contribution < 1.29 is 14.6 Å². The molecule has 0 unspecified atom stereocenters. The van der Waals surface area contributed by atoms with Gasteiger partial charge in [-0.2, -0.15) is 0 Å². The molecule has 30 heavy (non-hydrogen) atoms. The lowest BCUT2D eigenvalue weighted by atomic mass is 10.1. The van der Waals surface area contributed by atoms with Crippen LogP contribution in [0.25, 0.3) is 0 Å². The predicted octanol–water partition coefficient (Wildman–Crippen LogP) is 2.61. The van der Waals surface area contributed by atoms with Crippen LogP contribution in [-0.2, 0) is 4.79 Å². The summed E-state index contributed by atoms with van der Waals surface area (Å²) in [5, 5.41) is 13.3. The standard InChI is InChI=1S/C24H33N3O3/c1-18-5-4-6-22(14-18)30-17-21(28)15-26-9-11-27(12-10-26)16-24(29)25-23-8-7-19(2)13-20(23)3/h4-8,13-14,21,28H,9-12,15-17H2,1-3H3,(H,25,29)/t21-/m0/s1. The average Bonchev–Trinajstić information content (AvgIpc) is 2.70. The number of carbonyl (C=O) groups is 1. The first-order valence-corrected chi connectivity index (χ1v) is 10.6. The van der Waals surface area contributed by atoms with E-state index >= 15 is 0 Å². The second-order valence-corrected chi connectivity index (χ2v) is 8.22. The molecule has 1 atom stereocenters. The zero-order valence-corrected chi connectivity index (χ0v) is 18.2. The van der Waals surface area contributed by atoms with Crippen molar-refractivity contribution >= 4 is 11.6 Å². The van der Waals surface area contributed by atoms with Gasteiger partial charge in [-0.3, -0.25) is 14.6 Å². The van der Waals surface area contributed by atoms with E-state index in [4.69, 9.17) is 4.74 Å². The zero-order valence-electron chi connectivity index (χ0n) is 18.2. The Morgan fingerprint density at radius 2 is 1.73 bits per heavy atom. The highest BCUT2D eigenvalue weighted by Gasteiger charge is 2.21. The molecule has 1 fully saturated rings. The van der Waals surface area contributed by atoms with Gasteiger partial charge < -0.3 is 15.2 Å². The smallest absolute Gasteiger partial charge is 0.238 e. The Bertz CT molecular complexity index is 847. The van der Waals surface area contributed by atoms with Crippen LogP contribution in [0.4, 0.5) is 5.69 Å². The van der Waals surface area contributed by atoms with Gasteiger partial charge in [-0.1, -0.05) is 29.8 Å². The molecule has 1 aliphatic heterocycles. The molecule has 1 heterocycles. The molecule has 6 nitrogen and oxygen atoms in total. The summed E-state index contributed by atoms with van der Waals surface area (Å²) in [5.41, 5.74) is 4.28. The van der Waals surface area contributed by atoms with Crippen molar-refractivity contribution in [1.82, 2.24) is 9.80 Å². The molecule has 0 saturated carbocycles. The van der Waals surface area contributed by atoms with E-state index in [9.17, 15) is 9.90 Å². The quantitative estimate of drug-likeness (QED) is 0.699. The van der Waals surface area contributed by atoms with E-state index in [0.717, 1.165) is 48.7 Å². The second kappa shape index (κ2) is 10.6. The van der Waals surface area contributed by atoms with Crippen LogP contribution in [0.3, 0.4) is 0 Å². The van der Waals surface area contributed by atoms with Crippen LogP contribution >= 0.6 is 0 Å². The van der Waals surface area contributed by atoms with Crippen molar-refractivity contribution in [2.24, 2.45) is 0 Å². The van der Waals surface area contributed by atoms with Gasteiger partial charge in [-0.05, 0) is 50.1 Å². The summed E-state index contributed by atoms with van der Waals surface area (Å²) in [6, 6.07) is 13.9. The normalized spacial score (nSPS) is 16.3. The van der Waals surface area contributed by atoms with Crippen LogP contribution < -0.4 is 10.1 Å². The van der Waals surface area contributed by atoms with Crippen molar-refractivity contribution in [2.75, 3.05) is 51.2 Å². The maximum atomic E-state index is 12.4. The van der Waals surface area contributed by atoms with Crippen LogP contribution in [0.2, 0.25) is 0 Å². The molecule has 1 amide bonds. The molecule has 162 valence electrons. The molecule has 0 aliphatic carbocycles. The number of β-amino-alcohol motifs (C(OH)–C–C–N with tert-alkyl or cyclic N) is 1. The molecule has 2 aromatic rings. The number of hydrogen-bond acceptors (Lipinski definition) is 5. The number of amides is 1. The number of nitrogens with one attached hydrogen (secondary N) is 1. The molecule has 2 aromatic carbocycles. The number of carbonyl (C=O) groups excluding carboxylic acids is 1. The van der Waals surface area contributed by atoms with E-state index in [2.05, 4.69) is 21.2 Å². The Labute approximate surface area is 179 Å². The highest BCUT2D eigenvalue weighted by molar-refractivity contribution is 5.93. The lowest BCUT2D eigenvalue weighted by Gasteiger charge is -2.35. The fourth-order valence-corrected chi connectivity index (χ4v) is 3.72. The number of ether oxygens (including phenoxy) is 1. The van der Waals surface area contributed by atoms with Crippen LogP contribution in [0.5, 0.6) is 5.75 Å². The Morgan fingerprint density at radius 3 is 2.43 bits per heavy atom. The van der Waals surface area contributed by atoms with Gasteiger partial charge in [-0.15, -0.1) is 0 Å². The highest BCUT2D eigenvalue weighted by atomic mass is 16.5. The molecular weight excluding hydrogens is 378 g/mol. The number of benzene rings is 2. The van der Waals surface area contributed by atoms with Gasteiger partial charge in [0.25, 0.3) is 0 Å². The molecule has 3 rings (SSSR count). The Kier molecular flexibility index (Phi) is 7.85. The number of piperazine rings is 1. The van der Waals surface area contributed by atoms with Crippen molar-refractivity contribution in [2.45, 2.75) is 26.9 Å². The van der Waals surface area contributed by atoms with Crippen molar-refractivity contribution in [3.8, 4) is 5.75 Å². The number of anilines is 1. The highest BCUT2D eigenvalue weighted by Crippen LogP contribution is 2.16. The van der Waals surface area contributed by atoms with E-state index in [1.54, 1.807) is 0 Å². The van der Waals surface area contributed by atoms with Gasteiger partial charge >= 0.3 is 0 Å². The first-order valence-electron chi connectivity index (χ1n) is 10.6. The Morgan fingerprint density at radius 1 is 1.03 bits per heavy atom. The van der Waals surface area contributed by atoms with Crippen molar-refractivity contribution in [1.29, 1.82) is 0 Å². The van der Waals surface area contributed by atoms with Crippen LogP contribution in [-0.4, -0.2) is 72.8 Å². The Hall–Kier alpha value is -2.41. The maximum Gasteiger partial charge on any atom is 0.238 e. The zero-order chi connectivity index (χ0) is 21.5. The number of rotatable bonds is 8. The minimum Gasteiger partial charge on any atom is -0.491 e. The summed E-state index contributed by atoms with van der Waals surface area (Å²) in [4.78, 5) is 16.8. The van der Waals surface area contributed by atoms with Crippen molar-refractivity contribution in [3.05, 3.63) is 59.2 Å². The molecule has 0 bridgehead atoms. The van der Waals surface area contributed by atoms with Gasteiger partial charge in [0.1, 0.15) is 18.5 Å². The fraction of sp³-hybridized carbons (Fsp3) is 0.458. The van der Waals surface area contributed by atoms with E-state index in [1.807, 2.05) is 57.2 Å². The largest absolute Gasteiger partial charge is 0.491 e. The monoisotopic (exact) mass is 411 g/mol. The first kappa shape index (κ1) is 22.3. The van der Waals surface area contributed by atoms with E-state index in [-0.39, 0.29) is 12.5 Å². The minimum absolute atomic E-state index is 0.0157.